The van der Waals surface area contributed by atoms with Crippen molar-refractivity contribution in [2.75, 3.05) is 0 Å². The Balaban J connectivity index is 1.52. The first-order valence-corrected chi connectivity index (χ1v) is 13.8. The summed E-state index contributed by atoms with van der Waals surface area (Å²) >= 11 is 3.62. The van der Waals surface area contributed by atoms with Gasteiger partial charge in [-0.1, -0.05) is 80.8 Å². The Kier molecular flexibility index (Phi) is 11.4. The molecule has 0 aliphatic heterocycles. The number of hydrogen-bond acceptors (Lipinski definition) is 4. The predicted molar refractivity (Wildman–Crippen MR) is 147 cm³/mol. The molecule has 4 nitrogen and oxygen atoms in total. The molecule has 0 amide bonds. The van der Waals surface area contributed by atoms with Crippen LogP contribution in [0.15, 0.2) is 59.3 Å². The van der Waals surface area contributed by atoms with Crippen molar-refractivity contribution in [3.05, 3.63) is 76.0 Å². The molecule has 2 aromatic carbocycles. The summed E-state index contributed by atoms with van der Waals surface area (Å²) < 4.78 is 6.56. The average Bonchev–Trinajstić information content (AvgIpc) is 2.88. The zero-order chi connectivity index (χ0) is 24.9. The summed E-state index contributed by atoms with van der Waals surface area (Å²) in [4.78, 5) is 21.7. The Labute approximate surface area is 218 Å². The van der Waals surface area contributed by atoms with E-state index in [1.807, 2.05) is 42.7 Å². The van der Waals surface area contributed by atoms with Crippen LogP contribution in [0.4, 0.5) is 0 Å². The van der Waals surface area contributed by atoms with Gasteiger partial charge in [-0.05, 0) is 73.2 Å². The fourth-order valence-electron chi connectivity index (χ4n) is 4.02. The lowest BCUT2D eigenvalue weighted by atomic mass is 10.0. The third-order valence-corrected chi connectivity index (χ3v) is 6.92. The largest absolute Gasteiger partial charge is 0.423 e. The van der Waals surface area contributed by atoms with Crippen molar-refractivity contribution in [2.24, 2.45) is 0 Å². The number of rotatable bonds is 14. The molecule has 3 rings (SSSR count). The molecule has 0 bridgehead atoms. The molecular formula is C30H37BrN2O2. The quantitative estimate of drug-likeness (QED) is 0.117. The molecule has 0 aliphatic rings. The minimum Gasteiger partial charge on any atom is -0.423 e. The fraction of sp³-hybridized carbons (Fsp3) is 0.433. The summed E-state index contributed by atoms with van der Waals surface area (Å²) in [5.74, 6) is 0.813. The van der Waals surface area contributed by atoms with E-state index in [1.165, 1.54) is 68.9 Å². The highest BCUT2D eigenvalue weighted by Gasteiger charge is 2.12. The van der Waals surface area contributed by atoms with Crippen LogP contribution in [0.5, 0.6) is 5.75 Å². The van der Waals surface area contributed by atoms with Crippen molar-refractivity contribution in [1.82, 2.24) is 9.97 Å². The maximum absolute atomic E-state index is 12.7. The predicted octanol–water partition coefficient (Wildman–Crippen LogP) is 8.76. The van der Waals surface area contributed by atoms with Gasteiger partial charge in [-0.3, -0.25) is 0 Å². The number of esters is 1. The number of unbranched alkanes of at least 4 members (excludes halogenated alkanes) is 7. The minimum absolute atomic E-state index is 0.364. The molecule has 0 unspecified atom stereocenters. The third kappa shape index (κ3) is 8.88. The summed E-state index contributed by atoms with van der Waals surface area (Å²) in [6.45, 7) is 4.45. The highest BCUT2D eigenvalue weighted by Crippen LogP contribution is 2.24. The molecule has 0 N–H and O–H groups in total. The lowest BCUT2D eigenvalue weighted by Crippen LogP contribution is -2.08. The molecule has 1 heterocycles. The monoisotopic (exact) mass is 536 g/mol. The standard InChI is InChI=1S/C30H37BrN2O2/c1-3-5-7-9-11-13-24-14-15-26(20-28(24)31)30(34)35-27-18-16-25(17-19-27)29-32-21-23(22-33-29)12-10-8-6-4-2/h14-22H,3-13H2,1-2H3. The second-order valence-corrected chi connectivity index (χ2v) is 9.96. The molecule has 0 radical (unpaired) electrons. The molecule has 0 saturated carbocycles. The van der Waals surface area contributed by atoms with E-state index in [0.717, 1.165) is 22.9 Å². The molecule has 1 aromatic heterocycles. The van der Waals surface area contributed by atoms with Gasteiger partial charge in [0.25, 0.3) is 0 Å². The third-order valence-electron chi connectivity index (χ3n) is 6.19. The Morgan fingerprint density at radius 2 is 1.43 bits per heavy atom. The number of ether oxygens (including phenoxy) is 1. The minimum atomic E-state index is -0.364. The van der Waals surface area contributed by atoms with Crippen molar-refractivity contribution >= 4 is 21.9 Å². The van der Waals surface area contributed by atoms with Crippen LogP contribution in [0.2, 0.25) is 0 Å². The molecule has 0 saturated heterocycles. The SMILES string of the molecule is CCCCCCCc1ccc(C(=O)Oc2ccc(-c3ncc(CCCCCC)cn3)cc2)cc1Br. The van der Waals surface area contributed by atoms with Crippen molar-refractivity contribution in [2.45, 2.75) is 84.5 Å². The van der Waals surface area contributed by atoms with Crippen molar-refractivity contribution in [1.29, 1.82) is 0 Å². The zero-order valence-corrected chi connectivity index (χ0v) is 22.6. The molecule has 0 aliphatic carbocycles. The Morgan fingerprint density at radius 1 is 0.800 bits per heavy atom. The van der Waals surface area contributed by atoms with Gasteiger partial charge in [0, 0.05) is 22.4 Å². The van der Waals surface area contributed by atoms with Crippen LogP contribution in [0.3, 0.4) is 0 Å². The Hall–Kier alpha value is -2.53. The number of aryl methyl sites for hydroxylation is 2. The van der Waals surface area contributed by atoms with Gasteiger partial charge in [-0.25, -0.2) is 14.8 Å². The van der Waals surface area contributed by atoms with Gasteiger partial charge in [0.05, 0.1) is 5.56 Å². The molecule has 3 aromatic rings. The van der Waals surface area contributed by atoms with E-state index in [0.29, 0.717) is 17.1 Å². The van der Waals surface area contributed by atoms with Gasteiger partial charge >= 0.3 is 5.97 Å². The number of benzene rings is 2. The summed E-state index contributed by atoms with van der Waals surface area (Å²) in [7, 11) is 0. The van der Waals surface area contributed by atoms with E-state index >= 15 is 0 Å². The van der Waals surface area contributed by atoms with Crippen molar-refractivity contribution in [3.8, 4) is 17.1 Å². The lowest BCUT2D eigenvalue weighted by Gasteiger charge is -2.09. The first-order valence-electron chi connectivity index (χ1n) is 13.0. The summed E-state index contributed by atoms with van der Waals surface area (Å²) in [5, 5.41) is 0. The van der Waals surface area contributed by atoms with E-state index in [1.54, 1.807) is 12.1 Å². The van der Waals surface area contributed by atoms with E-state index in [2.05, 4.69) is 39.7 Å². The van der Waals surface area contributed by atoms with Crippen LogP contribution in [0.1, 0.15) is 93.1 Å². The van der Waals surface area contributed by atoms with Crippen LogP contribution < -0.4 is 4.74 Å². The second kappa shape index (κ2) is 14.8. The maximum atomic E-state index is 12.7. The van der Waals surface area contributed by atoms with Gasteiger partial charge < -0.3 is 4.74 Å². The summed E-state index contributed by atoms with van der Waals surface area (Å²) in [6, 6.07) is 13.1. The number of halogens is 1. The maximum Gasteiger partial charge on any atom is 0.343 e. The normalized spacial score (nSPS) is 10.9. The highest BCUT2D eigenvalue weighted by molar-refractivity contribution is 9.10. The van der Waals surface area contributed by atoms with E-state index in [-0.39, 0.29) is 5.97 Å². The Morgan fingerprint density at radius 3 is 2.09 bits per heavy atom. The highest BCUT2D eigenvalue weighted by atomic mass is 79.9. The topological polar surface area (TPSA) is 52.1 Å². The fourth-order valence-corrected chi connectivity index (χ4v) is 4.60. The van der Waals surface area contributed by atoms with Crippen molar-refractivity contribution < 1.29 is 9.53 Å². The number of aromatic nitrogens is 2. The summed E-state index contributed by atoms with van der Waals surface area (Å²) in [6.07, 6.45) is 17.0. The van der Waals surface area contributed by atoms with Crippen LogP contribution in [-0.4, -0.2) is 15.9 Å². The summed E-state index contributed by atoms with van der Waals surface area (Å²) in [5.41, 5.74) is 3.83. The average molecular weight is 538 g/mol. The first-order chi connectivity index (χ1) is 17.1. The molecule has 186 valence electrons. The molecule has 0 fully saturated rings. The molecule has 0 atom stereocenters. The number of nitrogens with zero attached hydrogens (tertiary/aromatic N) is 2. The van der Waals surface area contributed by atoms with Gasteiger partial charge in [0.15, 0.2) is 5.82 Å². The van der Waals surface area contributed by atoms with E-state index < -0.39 is 0 Å². The van der Waals surface area contributed by atoms with E-state index in [4.69, 9.17) is 4.74 Å². The van der Waals surface area contributed by atoms with Gasteiger partial charge in [0.2, 0.25) is 0 Å². The van der Waals surface area contributed by atoms with Crippen LogP contribution in [-0.2, 0) is 12.8 Å². The Bertz CT molecular complexity index is 1050. The number of carbonyl (C=O) groups excluding carboxylic acids is 1. The van der Waals surface area contributed by atoms with Crippen molar-refractivity contribution in [3.63, 3.8) is 0 Å². The molecular weight excluding hydrogens is 500 g/mol. The van der Waals surface area contributed by atoms with Gasteiger partial charge in [-0.2, -0.15) is 0 Å². The van der Waals surface area contributed by atoms with Crippen LogP contribution in [0.25, 0.3) is 11.4 Å². The van der Waals surface area contributed by atoms with Crippen LogP contribution in [0, 0.1) is 0 Å². The smallest absolute Gasteiger partial charge is 0.343 e. The second-order valence-electron chi connectivity index (χ2n) is 9.11. The molecule has 35 heavy (non-hydrogen) atoms. The molecule has 5 heteroatoms. The van der Waals surface area contributed by atoms with Crippen LogP contribution >= 0.6 is 15.9 Å². The lowest BCUT2D eigenvalue weighted by molar-refractivity contribution is 0.0734. The zero-order valence-electron chi connectivity index (χ0n) is 21.1. The molecule has 0 spiro atoms. The van der Waals surface area contributed by atoms with Gasteiger partial charge in [0.1, 0.15) is 5.75 Å². The van der Waals surface area contributed by atoms with Gasteiger partial charge in [-0.15, -0.1) is 0 Å². The number of hydrogen-bond donors (Lipinski definition) is 0. The number of carbonyl (C=O) groups is 1. The van der Waals surface area contributed by atoms with E-state index in [9.17, 15) is 4.79 Å². The first kappa shape index (κ1) is 27.1.